The second-order valence-electron chi connectivity index (χ2n) is 4.42. The summed E-state index contributed by atoms with van der Waals surface area (Å²) in [6.45, 7) is 5.79. The average Bonchev–Trinajstić information content (AvgIpc) is 2.29. The fourth-order valence-corrected chi connectivity index (χ4v) is 1.60. The van der Waals surface area contributed by atoms with Gasteiger partial charge in [-0.2, -0.15) is 0 Å². The summed E-state index contributed by atoms with van der Waals surface area (Å²) in [5.41, 5.74) is 13.9. The molecule has 0 radical (unpaired) electrons. The summed E-state index contributed by atoms with van der Waals surface area (Å²) in [5.74, 6) is 1.01. The van der Waals surface area contributed by atoms with Gasteiger partial charge in [-0.15, -0.1) is 0 Å². The third kappa shape index (κ3) is 3.65. The van der Waals surface area contributed by atoms with E-state index in [4.69, 9.17) is 11.5 Å². The SMILES string of the molecule is CC(CN)Cc1ccc(C(C)CN)cc1. The average molecular weight is 206 g/mol. The van der Waals surface area contributed by atoms with Crippen LogP contribution in [0.1, 0.15) is 30.9 Å². The summed E-state index contributed by atoms with van der Waals surface area (Å²) in [5, 5.41) is 0. The first-order valence-electron chi connectivity index (χ1n) is 5.66. The molecule has 2 atom stereocenters. The van der Waals surface area contributed by atoms with Crippen LogP contribution in [0.4, 0.5) is 0 Å². The van der Waals surface area contributed by atoms with E-state index in [-0.39, 0.29) is 0 Å². The standard InChI is InChI=1S/C13H22N2/c1-10(8-14)7-12-3-5-13(6-4-12)11(2)9-15/h3-6,10-11H,7-9,14-15H2,1-2H3. The Balaban J connectivity index is 2.64. The van der Waals surface area contributed by atoms with Crippen LogP contribution < -0.4 is 11.5 Å². The van der Waals surface area contributed by atoms with Crippen LogP contribution in [0.25, 0.3) is 0 Å². The van der Waals surface area contributed by atoms with Crippen LogP contribution in [0.5, 0.6) is 0 Å². The number of rotatable bonds is 5. The molecule has 0 aliphatic carbocycles. The van der Waals surface area contributed by atoms with E-state index in [1.807, 2.05) is 0 Å². The van der Waals surface area contributed by atoms with Gasteiger partial charge in [0.25, 0.3) is 0 Å². The monoisotopic (exact) mass is 206 g/mol. The van der Waals surface area contributed by atoms with Gasteiger partial charge >= 0.3 is 0 Å². The second-order valence-corrected chi connectivity index (χ2v) is 4.42. The highest BCUT2D eigenvalue weighted by Crippen LogP contribution is 2.16. The molecule has 0 bridgehead atoms. The van der Waals surface area contributed by atoms with Gasteiger partial charge in [0.15, 0.2) is 0 Å². The van der Waals surface area contributed by atoms with E-state index in [0.29, 0.717) is 18.4 Å². The highest BCUT2D eigenvalue weighted by atomic mass is 14.5. The van der Waals surface area contributed by atoms with Crippen LogP contribution in [0.15, 0.2) is 24.3 Å². The summed E-state index contributed by atoms with van der Waals surface area (Å²) >= 11 is 0. The van der Waals surface area contributed by atoms with Crippen molar-refractivity contribution in [2.75, 3.05) is 13.1 Å². The van der Waals surface area contributed by atoms with Crippen molar-refractivity contribution in [3.63, 3.8) is 0 Å². The zero-order chi connectivity index (χ0) is 11.3. The Labute approximate surface area is 92.7 Å². The summed E-state index contributed by atoms with van der Waals surface area (Å²) < 4.78 is 0. The predicted octanol–water partition coefficient (Wildman–Crippen LogP) is 1.89. The van der Waals surface area contributed by atoms with Gasteiger partial charge in [-0.1, -0.05) is 38.1 Å². The Morgan fingerprint density at radius 3 is 2.07 bits per heavy atom. The lowest BCUT2D eigenvalue weighted by Gasteiger charge is -2.11. The van der Waals surface area contributed by atoms with Crippen LogP contribution in [0.3, 0.4) is 0 Å². The maximum Gasteiger partial charge on any atom is -0.00109 e. The molecule has 0 saturated carbocycles. The molecule has 2 nitrogen and oxygen atoms in total. The molecule has 0 aromatic heterocycles. The Hall–Kier alpha value is -0.860. The first kappa shape index (κ1) is 12.2. The van der Waals surface area contributed by atoms with Crippen molar-refractivity contribution >= 4 is 0 Å². The number of nitrogens with two attached hydrogens (primary N) is 2. The van der Waals surface area contributed by atoms with E-state index >= 15 is 0 Å². The molecule has 2 heteroatoms. The van der Waals surface area contributed by atoms with Crippen molar-refractivity contribution in [2.24, 2.45) is 17.4 Å². The van der Waals surface area contributed by atoms with Gasteiger partial charge in [0.1, 0.15) is 0 Å². The van der Waals surface area contributed by atoms with Crippen LogP contribution >= 0.6 is 0 Å². The molecule has 0 amide bonds. The minimum Gasteiger partial charge on any atom is -0.330 e. The van der Waals surface area contributed by atoms with Gasteiger partial charge in [-0.05, 0) is 42.5 Å². The van der Waals surface area contributed by atoms with Crippen LogP contribution in [0.2, 0.25) is 0 Å². The van der Waals surface area contributed by atoms with Crippen molar-refractivity contribution in [1.29, 1.82) is 0 Å². The van der Waals surface area contributed by atoms with Crippen molar-refractivity contribution in [3.8, 4) is 0 Å². The molecule has 15 heavy (non-hydrogen) atoms. The van der Waals surface area contributed by atoms with E-state index < -0.39 is 0 Å². The van der Waals surface area contributed by atoms with E-state index in [9.17, 15) is 0 Å². The fourth-order valence-electron chi connectivity index (χ4n) is 1.60. The molecule has 0 fully saturated rings. The topological polar surface area (TPSA) is 52.0 Å². The van der Waals surface area contributed by atoms with Crippen LogP contribution in [-0.2, 0) is 6.42 Å². The number of hydrogen-bond acceptors (Lipinski definition) is 2. The summed E-state index contributed by atoms with van der Waals surface area (Å²) in [7, 11) is 0. The maximum atomic E-state index is 5.63. The molecule has 0 heterocycles. The molecule has 0 saturated heterocycles. The molecule has 0 aliphatic rings. The van der Waals surface area contributed by atoms with Gasteiger partial charge in [0, 0.05) is 0 Å². The first-order valence-corrected chi connectivity index (χ1v) is 5.66. The Morgan fingerprint density at radius 1 is 1.00 bits per heavy atom. The van der Waals surface area contributed by atoms with Gasteiger partial charge in [-0.25, -0.2) is 0 Å². The summed E-state index contributed by atoms with van der Waals surface area (Å²) in [6.07, 6.45) is 1.06. The molecule has 1 rings (SSSR count). The normalized spacial score (nSPS) is 14.9. The third-order valence-corrected chi connectivity index (χ3v) is 2.89. The highest BCUT2D eigenvalue weighted by Gasteiger charge is 2.04. The minimum absolute atomic E-state index is 0.450. The van der Waals surface area contributed by atoms with Crippen molar-refractivity contribution in [2.45, 2.75) is 26.2 Å². The van der Waals surface area contributed by atoms with Gasteiger partial charge in [0.2, 0.25) is 0 Å². The largest absolute Gasteiger partial charge is 0.330 e. The fraction of sp³-hybridized carbons (Fsp3) is 0.538. The molecule has 0 spiro atoms. The first-order chi connectivity index (χ1) is 7.17. The second kappa shape index (κ2) is 5.89. The van der Waals surface area contributed by atoms with E-state index in [2.05, 4.69) is 38.1 Å². The number of hydrogen-bond donors (Lipinski definition) is 2. The smallest absolute Gasteiger partial charge is 0.00109 e. The molecule has 1 aromatic rings. The summed E-state index contributed by atoms with van der Waals surface area (Å²) in [6, 6.07) is 8.73. The van der Waals surface area contributed by atoms with Gasteiger partial charge in [-0.3, -0.25) is 0 Å². The Kier molecular flexibility index (Phi) is 4.79. The summed E-state index contributed by atoms with van der Waals surface area (Å²) in [4.78, 5) is 0. The van der Waals surface area contributed by atoms with Crippen LogP contribution in [0, 0.1) is 5.92 Å². The van der Waals surface area contributed by atoms with Crippen LogP contribution in [-0.4, -0.2) is 13.1 Å². The molecule has 0 aliphatic heterocycles. The zero-order valence-corrected chi connectivity index (χ0v) is 9.74. The molecular formula is C13H22N2. The minimum atomic E-state index is 0.450. The predicted molar refractivity (Wildman–Crippen MR) is 65.8 cm³/mol. The molecule has 1 aromatic carbocycles. The quantitative estimate of drug-likeness (QED) is 0.773. The molecule has 4 N–H and O–H groups in total. The lowest BCUT2D eigenvalue weighted by molar-refractivity contribution is 0.593. The molecular weight excluding hydrogens is 184 g/mol. The van der Waals surface area contributed by atoms with Crippen molar-refractivity contribution < 1.29 is 0 Å². The Morgan fingerprint density at radius 2 is 1.60 bits per heavy atom. The lowest BCUT2D eigenvalue weighted by atomic mass is 9.96. The highest BCUT2D eigenvalue weighted by molar-refractivity contribution is 5.25. The van der Waals surface area contributed by atoms with Crippen molar-refractivity contribution in [1.82, 2.24) is 0 Å². The molecule has 2 unspecified atom stereocenters. The maximum absolute atomic E-state index is 5.63. The zero-order valence-electron chi connectivity index (χ0n) is 9.74. The van der Waals surface area contributed by atoms with Crippen molar-refractivity contribution in [3.05, 3.63) is 35.4 Å². The third-order valence-electron chi connectivity index (χ3n) is 2.89. The van der Waals surface area contributed by atoms with Gasteiger partial charge < -0.3 is 11.5 Å². The van der Waals surface area contributed by atoms with E-state index in [1.54, 1.807) is 0 Å². The van der Waals surface area contributed by atoms with Gasteiger partial charge in [0.05, 0.1) is 0 Å². The Bertz CT molecular complexity index is 279. The van der Waals surface area contributed by atoms with E-state index in [1.165, 1.54) is 11.1 Å². The lowest BCUT2D eigenvalue weighted by Crippen LogP contribution is -2.13. The van der Waals surface area contributed by atoms with E-state index in [0.717, 1.165) is 13.0 Å². The number of benzene rings is 1. The molecule has 84 valence electrons.